The number of thioether (sulfide) groups is 1. The Morgan fingerprint density at radius 1 is 1.17 bits per heavy atom. The molecule has 30 heavy (non-hydrogen) atoms. The molecule has 6 nitrogen and oxygen atoms in total. The molecular formula is C22H24ClN5OS. The third-order valence-corrected chi connectivity index (χ3v) is 6.66. The van der Waals surface area contributed by atoms with E-state index in [2.05, 4.69) is 59.1 Å². The molecule has 2 heterocycles. The minimum absolute atomic E-state index is 0.128. The van der Waals surface area contributed by atoms with E-state index in [1.165, 1.54) is 17.3 Å². The molecule has 3 aromatic rings. The Kier molecular flexibility index (Phi) is 6.29. The fourth-order valence-corrected chi connectivity index (χ4v) is 4.74. The van der Waals surface area contributed by atoms with E-state index in [1.54, 1.807) is 12.1 Å². The van der Waals surface area contributed by atoms with Gasteiger partial charge in [-0.05, 0) is 36.1 Å². The standard InChI is InChI=1S/C22H24ClN5OS/c1-3-7-18-25-26-22-28(18)27-19(15-12-10-14(4-2)11-13-15)20(30-22)21(29)24-17-9-6-5-8-16(17)23/h5-6,8-13,19-20,27H,3-4,7H2,1-2H3,(H,24,29)/t19-,20+/m1/s1. The zero-order valence-corrected chi connectivity index (χ0v) is 18.5. The Balaban J connectivity index is 1.67. The van der Waals surface area contributed by atoms with Gasteiger partial charge in [-0.25, -0.2) is 4.68 Å². The van der Waals surface area contributed by atoms with Crippen LogP contribution in [0, 0.1) is 0 Å². The summed E-state index contributed by atoms with van der Waals surface area (Å²) in [5.41, 5.74) is 6.40. The van der Waals surface area contributed by atoms with E-state index in [-0.39, 0.29) is 11.9 Å². The molecule has 4 rings (SSSR count). The fourth-order valence-electron chi connectivity index (χ4n) is 3.46. The third-order valence-electron chi connectivity index (χ3n) is 5.11. The number of hydrogen-bond acceptors (Lipinski definition) is 5. The molecule has 2 N–H and O–H groups in total. The topological polar surface area (TPSA) is 71.8 Å². The van der Waals surface area contributed by atoms with Gasteiger partial charge in [0.25, 0.3) is 0 Å². The highest BCUT2D eigenvalue weighted by Gasteiger charge is 2.37. The van der Waals surface area contributed by atoms with Crippen molar-refractivity contribution in [2.45, 2.75) is 49.6 Å². The molecule has 156 valence electrons. The van der Waals surface area contributed by atoms with Crippen molar-refractivity contribution in [2.24, 2.45) is 0 Å². The number of para-hydroxylation sites is 1. The van der Waals surface area contributed by atoms with Crippen molar-refractivity contribution in [3.8, 4) is 0 Å². The molecule has 0 saturated carbocycles. The van der Waals surface area contributed by atoms with Crippen molar-refractivity contribution in [2.75, 3.05) is 10.7 Å². The molecule has 0 bridgehead atoms. The number of amides is 1. The minimum atomic E-state index is -0.431. The largest absolute Gasteiger partial charge is 0.324 e. The van der Waals surface area contributed by atoms with Gasteiger partial charge in [-0.15, -0.1) is 10.2 Å². The summed E-state index contributed by atoms with van der Waals surface area (Å²) in [6.07, 6.45) is 2.76. The van der Waals surface area contributed by atoms with Gasteiger partial charge in [0.15, 0.2) is 5.82 Å². The van der Waals surface area contributed by atoms with E-state index in [0.717, 1.165) is 30.7 Å². The van der Waals surface area contributed by atoms with Gasteiger partial charge in [0.2, 0.25) is 11.1 Å². The van der Waals surface area contributed by atoms with Gasteiger partial charge in [-0.3, -0.25) is 4.79 Å². The predicted molar refractivity (Wildman–Crippen MR) is 122 cm³/mol. The quantitative estimate of drug-likeness (QED) is 0.572. The molecule has 8 heteroatoms. The Bertz CT molecular complexity index is 1040. The van der Waals surface area contributed by atoms with E-state index < -0.39 is 5.25 Å². The second-order valence-electron chi connectivity index (χ2n) is 7.19. The molecular weight excluding hydrogens is 418 g/mol. The number of halogens is 1. The summed E-state index contributed by atoms with van der Waals surface area (Å²) in [7, 11) is 0. The highest BCUT2D eigenvalue weighted by molar-refractivity contribution is 8.00. The van der Waals surface area contributed by atoms with Crippen molar-refractivity contribution < 1.29 is 4.79 Å². The van der Waals surface area contributed by atoms with E-state index in [1.807, 2.05) is 16.8 Å². The molecule has 2 aromatic carbocycles. The molecule has 0 fully saturated rings. The Morgan fingerprint density at radius 2 is 1.93 bits per heavy atom. The molecule has 0 saturated heterocycles. The smallest absolute Gasteiger partial charge is 0.240 e. The van der Waals surface area contributed by atoms with Crippen molar-refractivity contribution in [1.29, 1.82) is 0 Å². The summed E-state index contributed by atoms with van der Waals surface area (Å²) in [6, 6.07) is 15.4. The van der Waals surface area contributed by atoms with Gasteiger partial charge in [0, 0.05) is 6.42 Å². The van der Waals surface area contributed by atoms with Crippen molar-refractivity contribution >= 4 is 35.0 Å². The molecule has 0 spiro atoms. The molecule has 0 unspecified atom stereocenters. The van der Waals surface area contributed by atoms with Crippen LogP contribution in [0.4, 0.5) is 5.69 Å². The lowest BCUT2D eigenvalue weighted by atomic mass is 10.0. The first-order valence-corrected chi connectivity index (χ1v) is 11.4. The van der Waals surface area contributed by atoms with Crippen LogP contribution in [-0.4, -0.2) is 26.0 Å². The van der Waals surface area contributed by atoms with Crippen LogP contribution in [0.1, 0.15) is 43.3 Å². The van der Waals surface area contributed by atoms with E-state index in [4.69, 9.17) is 11.6 Å². The number of anilines is 1. The van der Waals surface area contributed by atoms with E-state index in [0.29, 0.717) is 15.9 Å². The summed E-state index contributed by atoms with van der Waals surface area (Å²) >= 11 is 7.67. The number of benzene rings is 2. The second kappa shape index (κ2) is 9.10. The Hall–Kier alpha value is -2.51. The molecule has 1 aromatic heterocycles. The lowest BCUT2D eigenvalue weighted by Gasteiger charge is -2.33. The number of nitrogens with zero attached hydrogens (tertiary/aromatic N) is 3. The monoisotopic (exact) mass is 441 g/mol. The van der Waals surface area contributed by atoms with E-state index >= 15 is 0 Å². The predicted octanol–water partition coefficient (Wildman–Crippen LogP) is 4.84. The number of carbonyl (C=O) groups excluding carboxylic acids is 1. The number of rotatable bonds is 6. The van der Waals surface area contributed by atoms with Crippen LogP contribution >= 0.6 is 23.4 Å². The Morgan fingerprint density at radius 3 is 2.63 bits per heavy atom. The van der Waals surface area contributed by atoms with Crippen molar-refractivity contribution in [3.63, 3.8) is 0 Å². The summed E-state index contributed by atoms with van der Waals surface area (Å²) in [4.78, 5) is 13.3. The Labute approximate surface area is 185 Å². The average Bonchev–Trinajstić information content (AvgIpc) is 3.16. The lowest BCUT2D eigenvalue weighted by Crippen LogP contribution is -2.41. The number of aromatic nitrogens is 3. The van der Waals surface area contributed by atoms with Crippen molar-refractivity contribution in [1.82, 2.24) is 14.9 Å². The molecule has 0 radical (unpaired) electrons. The van der Waals surface area contributed by atoms with Crippen LogP contribution in [0.3, 0.4) is 0 Å². The maximum atomic E-state index is 13.3. The molecule has 2 atom stereocenters. The maximum absolute atomic E-state index is 13.3. The van der Waals surface area contributed by atoms with Crippen molar-refractivity contribution in [3.05, 3.63) is 70.5 Å². The second-order valence-corrected chi connectivity index (χ2v) is 8.71. The lowest BCUT2D eigenvalue weighted by molar-refractivity contribution is -0.116. The molecule has 0 aliphatic carbocycles. The summed E-state index contributed by atoms with van der Waals surface area (Å²) < 4.78 is 1.92. The van der Waals surface area contributed by atoms with Gasteiger partial charge >= 0.3 is 0 Å². The van der Waals surface area contributed by atoms with E-state index in [9.17, 15) is 4.79 Å². The highest BCUT2D eigenvalue weighted by atomic mass is 35.5. The van der Waals surface area contributed by atoms with Gasteiger partial charge in [-0.1, -0.05) is 73.6 Å². The molecule has 1 aliphatic rings. The fraction of sp³-hybridized carbons (Fsp3) is 0.318. The SMILES string of the molecule is CCCc1nnc2n1N[C@H](c1ccc(CC)cc1)[C@@H](C(=O)Nc1ccccc1Cl)S2. The summed E-state index contributed by atoms with van der Waals surface area (Å²) in [5, 5.41) is 12.4. The highest BCUT2D eigenvalue weighted by Crippen LogP contribution is 2.38. The third kappa shape index (κ3) is 4.18. The van der Waals surface area contributed by atoms with Crippen LogP contribution < -0.4 is 10.7 Å². The maximum Gasteiger partial charge on any atom is 0.240 e. The number of hydrogen-bond donors (Lipinski definition) is 2. The number of fused-ring (bicyclic) bond motifs is 1. The normalized spacial score (nSPS) is 17.8. The first kappa shape index (κ1) is 20.8. The zero-order chi connectivity index (χ0) is 21.1. The molecule has 1 aliphatic heterocycles. The van der Waals surface area contributed by atoms with Crippen LogP contribution in [-0.2, 0) is 17.6 Å². The first-order chi connectivity index (χ1) is 14.6. The first-order valence-electron chi connectivity index (χ1n) is 10.1. The summed E-state index contributed by atoms with van der Waals surface area (Å²) in [6.45, 7) is 4.24. The van der Waals surface area contributed by atoms with Crippen LogP contribution in [0.2, 0.25) is 5.02 Å². The minimum Gasteiger partial charge on any atom is -0.324 e. The van der Waals surface area contributed by atoms with Crippen LogP contribution in [0.25, 0.3) is 0 Å². The number of nitrogens with one attached hydrogen (secondary N) is 2. The van der Waals surface area contributed by atoms with Gasteiger partial charge in [0.1, 0.15) is 5.25 Å². The van der Waals surface area contributed by atoms with Crippen LogP contribution in [0.5, 0.6) is 0 Å². The average molecular weight is 442 g/mol. The zero-order valence-electron chi connectivity index (χ0n) is 16.9. The van der Waals surface area contributed by atoms with Crippen LogP contribution in [0.15, 0.2) is 53.7 Å². The van der Waals surface area contributed by atoms with Gasteiger partial charge in [-0.2, -0.15) is 0 Å². The number of aryl methyl sites for hydroxylation is 2. The molecule has 1 amide bonds. The number of carbonyl (C=O) groups is 1. The van der Waals surface area contributed by atoms with Gasteiger partial charge in [0.05, 0.1) is 16.8 Å². The summed E-state index contributed by atoms with van der Waals surface area (Å²) in [5.74, 6) is 0.747. The van der Waals surface area contributed by atoms with Gasteiger partial charge < -0.3 is 10.7 Å².